The number of aliphatic hydroxyl groups is 14. The Morgan fingerprint density at radius 2 is 0.556 bits per heavy atom. The molecule has 3 heterocycles. The Bertz CT molecular complexity index is 558. The molecule has 0 aliphatic carbocycles. The predicted octanol–water partition coefficient (Wildman–Crippen LogP) is -8.26. The summed E-state index contributed by atoms with van der Waals surface area (Å²) < 4.78 is 14.1. The Morgan fingerprint density at radius 1 is 0.333 bits per heavy atom. The molecule has 0 aromatic carbocycles. The molecule has 27 heteroatoms. The Labute approximate surface area is 591 Å². The Morgan fingerprint density at radius 3 is 0.800 bits per heavy atom. The predicted molar refractivity (Wildman–Crippen MR) is 115 cm³/mol. The van der Waals surface area contributed by atoms with Crippen molar-refractivity contribution in [2.24, 2.45) is 0 Å². The molecule has 15 unspecified atom stereocenters. The average Bonchev–Trinajstić information content (AvgIpc) is 2.87. The number of hydrogen-bond donors (Lipinski definition) is 14. The summed E-state index contributed by atoms with van der Waals surface area (Å²) in [5, 5.41) is 125. The summed E-state index contributed by atoms with van der Waals surface area (Å²) in [5.41, 5.74) is 0. The summed E-state index contributed by atoms with van der Waals surface area (Å²) in [5.74, 6) is 0. The molecule has 3 rings (SSSR count). The van der Waals surface area contributed by atoms with Gasteiger partial charge in [-0.1, -0.05) is 15.9 Å². The molecule has 3 aliphatic heterocycles. The summed E-state index contributed by atoms with van der Waals surface area (Å²) in [7, 11) is 0. The summed E-state index contributed by atoms with van der Waals surface area (Å²) >= 11 is 2.95. The zero-order valence-electron chi connectivity index (χ0n) is 23.8. The zero-order chi connectivity index (χ0) is 27.9. The molecule has 0 aromatic rings. The summed E-state index contributed by atoms with van der Waals surface area (Å²) in [4.78, 5) is 0. The van der Waals surface area contributed by atoms with Gasteiger partial charge in [0.15, 0.2) is 12.6 Å². The quantitative estimate of drug-likeness (QED) is 0.117. The summed E-state index contributed by atoms with van der Waals surface area (Å²) in [6.45, 7) is -1.45. The first-order valence-electron chi connectivity index (χ1n) is 10.6. The van der Waals surface area contributed by atoms with Crippen LogP contribution in [0.2, 0.25) is 0 Å². The molecule has 14 N–H and O–H groups in total. The van der Waals surface area contributed by atoms with Crippen molar-refractivity contribution in [3.05, 3.63) is 0 Å². The van der Waals surface area contributed by atoms with E-state index in [4.69, 9.17) is 66.0 Å². The largest absolute Gasteiger partial charge is 0.394 e. The molecule has 0 saturated carbocycles. The van der Waals surface area contributed by atoms with E-state index in [0.29, 0.717) is 0 Å². The standard InChI is InChI=1S/C6H11BrO5.2C6H12O6.9Ac/c7-6-5(11)4(10)3(9)2(1-8)12-6;2*7-1-2-3(8)4(9)5(10)6(11)12-2;;;;;;;;;/h2-6,8-11H,1H2;2*2-11H,1H2;;;;;;;;;. The van der Waals surface area contributed by atoms with Gasteiger partial charge in [0.25, 0.3) is 0 Å². The van der Waals surface area contributed by atoms with E-state index in [0.717, 1.165) is 0 Å². The van der Waals surface area contributed by atoms with Gasteiger partial charge < -0.3 is 85.7 Å². The van der Waals surface area contributed by atoms with Crippen molar-refractivity contribution < 1.29 is 482 Å². The van der Waals surface area contributed by atoms with Gasteiger partial charge in [0.2, 0.25) is 0 Å². The van der Waals surface area contributed by atoms with E-state index in [1.165, 1.54) is 0 Å². The van der Waals surface area contributed by atoms with Crippen LogP contribution in [-0.2, 0) is 14.2 Å². The maximum atomic E-state index is 9.21. The number of hydrogen-bond acceptors (Lipinski definition) is 17. The van der Waals surface area contributed by atoms with Crippen LogP contribution in [0.25, 0.3) is 0 Å². The van der Waals surface area contributed by atoms with E-state index in [2.05, 4.69) is 25.4 Å². The van der Waals surface area contributed by atoms with E-state index in [-0.39, 0.29) is 397 Å². The van der Waals surface area contributed by atoms with Gasteiger partial charge in [-0.15, -0.1) is 0 Å². The molecule has 0 aromatic heterocycles. The molecular formula is C18H35Ac9BrO17. The maximum Gasteiger partial charge on any atom is 0.184 e. The molecule has 9 radical (unpaired) electrons. The number of alkyl halides is 1. The van der Waals surface area contributed by atoms with E-state index in [1.807, 2.05) is 0 Å². The van der Waals surface area contributed by atoms with Crippen LogP contribution < -0.4 is 0 Å². The van der Waals surface area contributed by atoms with Crippen molar-refractivity contribution in [3.63, 3.8) is 0 Å². The van der Waals surface area contributed by atoms with Gasteiger partial charge in [-0.25, -0.2) is 0 Å². The molecule has 243 valence electrons. The fourth-order valence-corrected chi connectivity index (χ4v) is 3.81. The molecule has 3 saturated heterocycles. The van der Waals surface area contributed by atoms with Crippen LogP contribution >= 0.6 is 15.9 Å². The van der Waals surface area contributed by atoms with Crippen molar-refractivity contribution in [2.75, 3.05) is 19.8 Å². The Balaban J connectivity index is -0.0000000561. The van der Waals surface area contributed by atoms with Crippen molar-refractivity contribution in [2.45, 2.75) is 90.8 Å². The minimum absolute atomic E-state index is 0. The normalized spacial score (nSPS) is 39.4. The first kappa shape index (κ1) is 78.3. The maximum absolute atomic E-state index is 9.21. The molecule has 3 aliphatic rings. The van der Waals surface area contributed by atoms with Crippen LogP contribution in [0.1, 0.15) is 0 Å². The minimum Gasteiger partial charge on any atom is -0.394 e. The second kappa shape index (κ2) is 43.4. The van der Waals surface area contributed by atoms with Crippen LogP contribution in [0.4, 0.5) is 0 Å². The second-order valence-electron chi connectivity index (χ2n) is 8.12. The molecule has 45 heavy (non-hydrogen) atoms. The minimum atomic E-state index is -1.57. The number of rotatable bonds is 3. The van der Waals surface area contributed by atoms with Crippen molar-refractivity contribution in [3.8, 4) is 0 Å². The molecular weight excluding hydrogens is 2610 g/mol. The zero-order valence-corrected chi connectivity index (χ0v) is 68.1. The van der Waals surface area contributed by atoms with Gasteiger partial charge in [-0.3, -0.25) is 0 Å². The van der Waals surface area contributed by atoms with Crippen LogP contribution in [0.5, 0.6) is 0 Å². The van der Waals surface area contributed by atoms with Crippen molar-refractivity contribution in [1.29, 1.82) is 0 Å². The molecule has 0 spiro atoms. The molecule has 0 amide bonds. The van der Waals surface area contributed by atoms with Crippen molar-refractivity contribution >= 4 is 15.9 Å². The van der Waals surface area contributed by atoms with Gasteiger partial charge in [0.1, 0.15) is 78.3 Å². The van der Waals surface area contributed by atoms with E-state index in [9.17, 15) is 10.2 Å². The van der Waals surface area contributed by atoms with Gasteiger partial charge in [0.05, 0.1) is 19.8 Å². The Kier molecular flexibility index (Phi) is 75.5. The first-order valence-corrected chi connectivity index (χ1v) is 11.6. The Hall–Kier alpha value is 12.8. The van der Waals surface area contributed by atoms with Crippen LogP contribution in [0.15, 0.2) is 0 Å². The average molecular weight is 2650 g/mol. The van der Waals surface area contributed by atoms with Gasteiger partial charge in [-0.05, 0) is 0 Å². The van der Waals surface area contributed by atoms with Crippen LogP contribution in [0, 0.1) is 397 Å². The number of aliphatic hydroxyl groups excluding tert-OH is 14. The molecule has 3 fully saturated rings. The smallest absolute Gasteiger partial charge is 0.184 e. The fourth-order valence-electron chi connectivity index (χ4n) is 3.22. The summed E-state index contributed by atoms with van der Waals surface area (Å²) in [6.07, 6.45) is -18.7. The number of halogens is 1. The SMILES string of the molecule is OCC1OC(Br)C(O)C(O)C1O.OCC1OC(O)C(O)C(O)C1O.OCC1OC(O)C(O)C(O)C1O.[Ac].[Ac].[Ac].[Ac].[Ac].[Ac].[Ac].[Ac].[Ac]. The molecule has 15 atom stereocenters. The van der Waals surface area contributed by atoms with E-state index in [1.54, 1.807) is 0 Å². The monoisotopic (exact) mass is 2650 g/mol. The molecule has 17 nitrogen and oxygen atoms in total. The van der Waals surface area contributed by atoms with Gasteiger partial charge >= 0.3 is 0 Å². The molecule has 0 bridgehead atoms. The third-order valence-corrected chi connectivity index (χ3v) is 6.33. The van der Waals surface area contributed by atoms with Crippen LogP contribution in [-0.4, -0.2) is 182 Å². The van der Waals surface area contributed by atoms with E-state index >= 15 is 0 Å². The van der Waals surface area contributed by atoms with Crippen LogP contribution in [0.3, 0.4) is 0 Å². The topological polar surface area (TPSA) is 311 Å². The first-order chi connectivity index (χ1) is 16.7. The third kappa shape index (κ3) is 27.4. The summed E-state index contributed by atoms with van der Waals surface area (Å²) in [6, 6.07) is 0. The van der Waals surface area contributed by atoms with Gasteiger partial charge in [-0.2, -0.15) is 0 Å². The van der Waals surface area contributed by atoms with Gasteiger partial charge in [0, 0.05) is 397 Å². The second-order valence-corrected chi connectivity index (χ2v) is 9.02. The fraction of sp³-hybridized carbons (Fsp3) is 1.00. The van der Waals surface area contributed by atoms with E-state index < -0.39 is 111 Å². The van der Waals surface area contributed by atoms with Crippen molar-refractivity contribution in [1.82, 2.24) is 0 Å². The number of ether oxygens (including phenoxy) is 3. The third-order valence-electron chi connectivity index (χ3n) is 5.57.